The fraction of sp³-hybridized carbons (Fsp3) is 0. The summed E-state index contributed by atoms with van der Waals surface area (Å²) in [4.78, 5) is 0.0905. The molecule has 116 valence electrons. The van der Waals surface area contributed by atoms with E-state index in [1.807, 2.05) is 24.3 Å². The molecule has 0 aliphatic carbocycles. The van der Waals surface area contributed by atoms with Gasteiger partial charge < -0.3 is 4.74 Å². The number of nitrogens with one attached hydrogen (secondary N) is 1. The van der Waals surface area contributed by atoms with Crippen LogP contribution in [0.2, 0.25) is 0 Å². The molecule has 23 heavy (non-hydrogen) atoms. The first kappa shape index (κ1) is 15.1. The molecule has 0 aliphatic rings. The number of benzene rings is 3. The Labute approximate surface area is 135 Å². The molecule has 0 aliphatic heterocycles. The number of sulfonamides is 1. The van der Waals surface area contributed by atoms with E-state index >= 15 is 0 Å². The molecular formula is C18H15NO3S. The van der Waals surface area contributed by atoms with E-state index in [4.69, 9.17) is 4.74 Å². The first-order chi connectivity index (χ1) is 11.1. The molecule has 0 spiro atoms. The highest BCUT2D eigenvalue weighted by molar-refractivity contribution is 7.92. The molecule has 0 atom stereocenters. The van der Waals surface area contributed by atoms with Crippen molar-refractivity contribution in [1.29, 1.82) is 0 Å². The maximum atomic E-state index is 12.6. The van der Waals surface area contributed by atoms with Gasteiger partial charge in [0, 0.05) is 5.69 Å². The second kappa shape index (κ2) is 6.54. The molecule has 4 nitrogen and oxygen atoms in total. The molecule has 3 aromatic rings. The van der Waals surface area contributed by atoms with Gasteiger partial charge in [-0.25, -0.2) is 8.42 Å². The van der Waals surface area contributed by atoms with Gasteiger partial charge in [-0.15, -0.1) is 0 Å². The molecule has 5 heteroatoms. The number of para-hydroxylation sites is 3. The van der Waals surface area contributed by atoms with Crippen molar-refractivity contribution in [3.05, 3.63) is 84.9 Å². The fourth-order valence-corrected chi connectivity index (χ4v) is 3.28. The molecule has 0 radical (unpaired) electrons. The van der Waals surface area contributed by atoms with Crippen LogP contribution in [0.3, 0.4) is 0 Å². The monoisotopic (exact) mass is 325 g/mol. The maximum Gasteiger partial charge on any atom is 0.265 e. The summed E-state index contributed by atoms with van der Waals surface area (Å²) < 4.78 is 33.5. The van der Waals surface area contributed by atoms with E-state index in [0.29, 0.717) is 11.4 Å². The lowest BCUT2D eigenvalue weighted by Crippen LogP contribution is -2.13. The largest absolute Gasteiger partial charge is 0.456 e. The number of anilines is 1. The summed E-state index contributed by atoms with van der Waals surface area (Å²) in [6, 6.07) is 24.4. The van der Waals surface area contributed by atoms with Crippen molar-refractivity contribution in [2.24, 2.45) is 0 Å². The quantitative estimate of drug-likeness (QED) is 0.762. The zero-order valence-electron chi connectivity index (χ0n) is 12.2. The van der Waals surface area contributed by atoms with Crippen LogP contribution in [0.15, 0.2) is 89.8 Å². The molecule has 1 N–H and O–H groups in total. The van der Waals surface area contributed by atoms with Gasteiger partial charge in [-0.05, 0) is 36.4 Å². The van der Waals surface area contributed by atoms with Gasteiger partial charge in [0.05, 0.1) is 0 Å². The van der Waals surface area contributed by atoms with Gasteiger partial charge in [-0.2, -0.15) is 0 Å². The molecule has 3 rings (SSSR count). The van der Waals surface area contributed by atoms with E-state index in [1.54, 1.807) is 54.6 Å². The summed E-state index contributed by atoms with van der Waals surface area (Å²) in [7, 11) is -3.74. The van der Waals surface area contributed by atoms with Crippen LogP contribution in [0.1, 0.15) is 0 Å². The number of ether oxygens (including phenoxy) is 1. The van der Waals surface area contributed by atoms with Gasteiger partial charge >= 0.3 is 0 Å². The normalized spacial score (nSPS) is 11.0. The third-order valence-electron chi connectivity index (χ3n) is 3.14. The summed E-state index contributed by atoms with van der Waals surface area (Å²) >= 11 is 0. The standard InChI is InChI=1S/C18H15NO3S/c20-23(21,19-15-9-3-1-4-10-15)18-14-8-7-13-17(18)22-16-11-5-2-6-12-16/h1-14,19H. The SMILES string of the molecule is O=S(=O)(Nc1ccccc1)c1ccccc1Oc1ccccc1. The Balaban J connectivity index is 1.93. The molecule has 0 bridgehead atoms. The van der Waals surface area contributed by atoms with Gasteiger partial charge in [-0.1, -0.05) is 48.5 Å². The Kier molecular flexibility index (Phi) is 4.30. The molecule has 0 fully saturated rings. The Bertz CT molecular complexity index is 878. The third-order valence-corrected chi connectivity index (χ3v) is 4.56. The highest BCUT2D eigenvalue weighted by Crippen LogP contribution is 2.29. The Morgan fingerprint density at radius 3 is 1.96 bits per heavy atom. The van der Waals surface area contributed by atoms with Crippen molar-refractivity contribution in [1.82, 2.24) is 0 Å². The van der Waals surface area contributed by atoms with Crippen LogP contribution in [-0.2, 0) is 10.0 Å². The second-order valence-corrected chi connectivity index (χ2v) is 6.48. The maximum absolute atomic E-state index is 12.6. The fourth-order valence-electron chi connectivity index (χ4n) is 2.09. The predicted octanol–water partition coefficient (Wildman–Crippen LogP) is 4.28. The van der Waals surface area contributed by atoms with Gasteiger partial charge in [0.2, 0.25) is 0 Å². The van der Waals surface area contributed by atoms with E-state index in [-0.39, 0.29) is 10.6 Å². The minimum atomic E-state index is -3.74. The van der Waals surface area contributed by atoms with Gasteiger partial charge in [0.1, 0.15) is 16.4 Å². The summed E-state index contributed by atoms with van der Waals surface area (Å²) in [6.45, 7) is 0. The van der Waals surface area contributed by atoms with E-state index in [2.05, 4.69) is 4.72 Å². The summed E-state index contributed by atoms with van der Waals surface area (Å²) in [5, 5.41) is 0. The molecule has 0 saturated carbocycles. The predicted molar refractivity (Wildman–Crippen MR) is 90.2 cm³/mol. The summed E-state index contributed by atoms with van der Waals surface area (Å²) in [5.74, 6) is 0.858. The third kappa shape index (κ3) is 3.70. The average molecular weight is 325 g/mol. The highest BCUT2D eigenvalue weighted by Gasteiger charge is 2.19. The van der Waals surface area contributed by atoms with E-state index < -0.39 is 10.0 Å². The lowest BCUT2D eigenvalue weighted by atomic mass is 10.3. The van der Waals surface area contributed by atoms with E-state index in [1.165, 1.54) is 6.07 Å². The molecular weight excluding hydrogens is 310 g/mol. The topological polar surface area (TPSA) is 55.4 Å². The van der Waals surface area contributed by atoms with E-state index in [9.17, 15) is 8.42 Å². The van der Waals surface area contributed by atoms with Crippen LogP contribution in [0, 0.1) is 0 Å². The molecule has 0 heterocycles. The smallest absolute Gasteiger partial charge is 0.265 e. The van der Waals surface area contributed by atoms with Gasteiger partial charge in [-0.3, -0.25) is 4.72 Å². The Morgan fingerprint density at radius 1 is 0.696 bits per heavy atom. The van der Waals surface area contributed by atoms with Gasteiger partial charge in [0.25, 0.3) is 10.0 Å². The van der Waals surface area contributed by atoms with Crippen LogP contribution >= 0.6 is 0 Å². The molecule has 0 saturated heterocycles. The minimum Gasteiger partial charge on any atom is -0.456 e. The number of hydrogen-bond donors (Lipinski definition) is 1. The van der Waals surface area contributed by atoms with Crippen molar-refractivity contribution < 1.29 is 13.2 Å². The first-order valence-corrected chi connectivity index (χ1v) is 8.53. The van der Waals surface area contributed by atoms with Crippen molar-refractivity contribution in [2.75, 3.05) is 4.72 Å². The van der Waals surface area contributed by atoms with Crippen LogP contribution < -0.4 is 9.46 Å². The molecule has 0 unspecified atom stereocenters. The second-order valence-electron chi connectivity index (χ2n) is 4.83. The molecule has 0 amide bonds. The zero-order chi connectivity index (χ0) is 16.1. The lowest BCUT2D eigenvalue weighted by molar-refractivity contribution is 0.468. The highest BCUT2D eigenvalue weighted by atomic mass is 32.2. The average Bonchev–Trinajstić information content (AvgIpc) is 2.57. The van der Waals surface area contributed by atoms with Crippen molar-refractivity contribution in [3.63, 3.8) is 0 Å². The van der Waals surface area contributed by atoms with Crippen LogP contribution in [0.25, 0.3) is 0 Å². The lowest BCUT2D eigenvalue weighted by Gasteiger charge is -2.13. The summed E-state index contributed by atoms with van der Waals surface area (Å²) in [6.07, 6.45) is 0. The molecule has 3 aromatic carbocycles. The van der Waals surface area contributed by atoms with Crippen molar-refractivity contribution in [3.8, 4) is 11.5 Å². The first-order valence-electron chi connectivity index (χ1n) is 7.05. The Hall–Kier alpha value is -2.79. The minimum absolute atomic E-state index is 0.0905. The van der Waals surface area contributed by atoms with Crippen LogP contribution in [0.5, 0.6) is 11.5 Å². The number of hydrogen-bond acceptors (Lipinski definition) is 3. The molecule has 0 aromatic heterocycles. The zero-order valence-corrected chi connectivity index (χ0v) is 13.0. The van der Waals surface area contributed by atoms with Crippen LogP contribution in [0.4, 0.5) is 5.69 Å². The Morgan fingerprint density at radius 2 is 1.26 bits per heavy atom. The van der Waals surface area contributed by atoms with Crippen molar-refractivity contribution >= 4 is 15.7 Å². The van der Waals surface area contributed by atoms with Crippen molar-refractivity contribution in [2.45, 2.75) is 4.90 Å². The van der Waals surface area contributed by atoms with Crippen LogP contribution in [-0.4, -0.2) is 8.42 Å². The van der Waals surface area contributed by atoms with E-state index in [0.717, 1.165) is 0 Å². The summed E-state index contributed by atoms with van der Waals surface area (Å²) in [5.41, 5.74) is 0.502. The number of rotatable bonds is 5. The van der Waals surface area contributed by atoms with Gasteiger partial charge in [0.15, 0.2) is 0 Å².